The average molecular weight is 368 g/mol. The van der Waals surface area contributed by atoms with Gasteiger partial charge < -0.3 is 15.2 Å². The first-order valence-electron chi connectivity index (χ1n) is 9.56. The summed E-state index contributed by atoms with van der Waals surface area (Å²) in [5.41, 5.74) is 1.88. The number of nitrogens with zero attached hydrogens (tertiary/aromatic N) is 1. The highest BCUT2D eigenvalue weighted by Crippen LogP contribution is 2.20. The summed E-state index contributed by atoms with van der Waals surface area (Å²) in [6.07, 6.45) is 1.25. The van der Waals surface area contributed by atoms with Crippen molar-refractivity contribution in [3.05, 3.63) is 60.2 Å². The lowest BCUT2D eigenvalue weighted by atomic mass is 9.96. The number of ether oxygens (including phenoxy) is 1. The second-order valence-corrected chi connectivity index (χ2v) is 7.18. The molecule has 0 saturated carbocycles. The number of β-amino-alcohol motifs (C(OH)–C–C–N with tert-alkyl or cyclic N) is 1. The average Bonchev–Trinajstić information content (AvgIpc) is 2.68. The number of likely N-dealkylation sites (tertiary alicyclic amines) is 1. The highest BCUT2D eigenvalue weighted by Gasteiger charge is 2.27. The Balaban J connectivity index is 1.46. The molecule has 5 heteroatoms. The summed E-state index contributed by atoms with van der Waals surface area (Å²) < 4.78 is 5.74. The number of nitrogens with one attached hydrogen (secondary N) is 1. The SMILES string of the molecule is Cc1ccccc1OC[C@H](O)CN1CCC[C@H](C(=O)Nc2ccccc2)C1. The van der Waals surface area contributed by atoms with Crippen LogP contribution in [0.4, 0.5) is 5.69 Å². The normalized spacial score (nSPS) is 18.7. The van der Waals surface area contributed by atoms with Crippen LogP contribution >= 0.6 is 0 Å². The third kappa shape index (κ3) is 5.81. The topological polar surface area (TPSA) is 61.8 Å². The van der Waals surface area contributed by atoms with E-state index in [9.17, 15) is 9.90 Å². The van der Waals surface area contributed by atoms with E-state index in [1.165, 1.54) is 0 Å². The van der Waals surface area contributed by atoms with E-state index in [-0.39, 0.29) is 18.4 Å². The molecule has 1 fully saturated rings. The van der Waals surface area contributed by atoms with Crippen LogP contribution in [0.15, 0.2) is 54.6 Å². The van der Waals surface area contributed by atoms with Gasteiger partial charge in [-0.2, -0.15) is 0 Å². The molecule has 2 N–H and O–H groups in total. The van der Waals surface area contributed by atoms with Gasteiger partial charge in [0.15, 0.2) is 0 Å². The minimum Gasteiger partial charge on any atom is -0.491 e. The van der Waals surface area contributed by atoms with Crippen LogP contribution in [-0.4, -0.2) is 48.3 Å². The van der Waals surface area contributed by atoms with Gasteiger partial charge in [0, 0.05) is 18.8 Å². The molecule has 1 aliphatic rings. The second-order valence-electron chi connectivity index (χ2n) is 7.18. The number of rotatable bonds is 7. The van der Waals surface area contributed by atoms with Crippen molar-refractivity contribution in [3.63, 3.8) is 0 Å². The summed E-state index contributed by atoms with van der Waals surface area (Å²) >= 11 is 0. The Hall–Kier alpha value is -2.37. The van der Waals surface area contributed by atoms with E-state index in [1.807, 2.05) is 61.5 Å². The smallest absolute Gasteiger partial charge is 0.228 e. The number of piperidine rings is 1. The number of carbonyl (C=O) groups is 1. The van der Waals surface area contributed by atoms with E-state index < -0.39 is 6.10 Å². The van der Waals surface area contributed by atoms with Gasteiger partial charge in [-0.15, -0.1) is 0 Å². The van der Waals surface area contributed by atoms with E-state index in [4.69, 9.17) is 4.74 Å². The minimum absolute atomic E-state index is 0.0524. The van der Waals surface area contributed by atoms with Crippen molar-refractivity contribution in [3.8, 4) is 5.75 Å². The Morgan fingerprint density at radius 3 is 2.74 bits per heavy atom. The van der Waals surface area contributed by atoms with E-state index in [2.05, 4.69) is 10.2 Å². The van der Waals surface area contributed by atoms with Crippen molar-refractivity contribution in [2.75, 3.05) is 31.6 Å². The summed E-state index contributed by atoms with van der Waals surface area (Å²) in [6.45, 7) is 4.32. The Kier molecular flexibility index (Phi) is 6.85. The third-order valence-corrected chi connectivity index (χ3v) is 4.91. The molecule has 0 unspecified atom stereocenters. The maximum absolute atomic E-state index is 12.5. The number of para-hydroxylation sites is 2. The van der Waals surface area contributed by atoms with Crippen LogP contribution in [0.25, 0.3) is 0 Å². The molecule has 27 heavy (non-hydrogen) atoms. The first-order valence-corrected chi connectivity index (χ1v) is 9.56. The maximum Gasteiger partial charge on any atom is 0.228 e. The predicted molar refractivity (Wildman–Crippen MR) is 107 cm³/mol. The molecule has 0 spiro atoms. The van der Waals surface area contributed by atoms with Gasteiger partial charge in [0.1, 0.15) is 18.5 Å². The van der Waals surface area contributed by atoms with E-state index in [0.29, 0.717) is 13.1 Å². The molecule has 2 aromatic carbocycles. The Labute approximate surface area is 161 Å². The summed E-state index contributed by atoms with van der Waals surface area (Å²) in [5.74, 6) is 0.801. The van der Waals surface area contributed by atoms with Crippen molar-refractivity contribution in [2.45, 2.75) is 25.9 Å². The van der Waals surface area contributed by atoms with E-state index in [0.717, 1.165) is 36.4 Å². The lowest BCUT2D eigenvalue weighted by Gasteiger charge is -2.33. The van der Waals surface area contributed by atoms with Crippen molar-refractivity contribution in [2.24, 2.45) is 5.92 Å². The molecule has 1 aliphatic heterocycles. The zero-order valence-electron chi connectivity index (χ0n) is 15.8. The van der Waals surface area contributed by atoms with E-state index >= 15 is 0 Å². The summed E-state index contributed by atoms with van der Waals surface area (Å²) in [4.78, 5) is 14.7. The zero-order valence-corrected chi connectivity index (χ0v) is 15.8. The molecule has 2 atom stereocenters. The molecule has 2 aromatic rings. The highest BCUT2D eigenvalue weighted by atomic mass is 16.5. The minimum atomic E-state index is -0.583. The monoisotopic (exact) mass is 368 g/mol. The first-order chi connectivity index (χ1) is 13.1. The molecule has 0 radical (unpaired) electrons. The van der Waals surface area contributed by atoms with Crippen LogP contribution in [0.5, 0.6) is 5.75 Å². The Morgan fingerprint density at radius 1 is 1.22 bits per heavy atom. The Bertz CT molecular complexity index is 735. The van der Waals surface area contributed by atoms with Crippen molar-refractivity contribution < 1.29 is 14.6 Å². The number of carbonyl (C=O) groups excluding carboxylic acids is 1. The first kappa shape index (κ1) is 19.4. The molecule has 1 amide bonds. The van der Waals surface area contributed by atoms with Crippen LogP contribution in [-0.2, 0) is 4.79 Å². The standard InChI is InChI=1S/C22H28N2O3/c1-17-8-5-6-12-21(17)27-16-20(25)15-24-13-7-9-18(14-24)22(26)23-19-10-3-2-4-11-19/h2-6,8,10-12,18,20,25H,7,9,13-16H2,1H3,(H,23,26)/t18-,20+/m0/s1. The molecule has 1 saturated heterocycles. The van der Waals surface area contributed by atoms with Gasteiger partial charge in [0.2, 0.25) is 5.91 Å². The number of hydrogen-bond donors (Lipinski definition) is 2. The lowest BCUT2D eigenvalue weighted by molar-refractivity contribution is -0.121. The highest BCUT2D eigenvalue weighted by molar-refractivity contribution is 5.92. The van der Waals surface area contributed by atoms with Crippen molar-refractivity contribution in [1.82, 2.24) is 4.90 Å². The largest absolute Gasteiger partial charge is 0.491 e. The maximum atomic E-state index is 12.5. The zero-order chi connectivity index (χ0) is 19.1. The van der Waals surface area contributed by atoms with Crippen LogP contribution in [0, 0.1) is 12.8 Å². The summed E-state index contributed by atoms with van der Waals surface area (Å²) in [7, 11) is 0. The lowest BCUT2D eigenvalue weighted by Crippen LogP contribution is -2.44. The van der Waals surface area contributed by atoms with E-state index in [1.54, 1.807) is 0 Å². The van der Waals surface area contributed by atoms with Gasteiger partial charge in [-0.05, 0) is 50.1 Å². The molecular weight excluding hydrogens is 340 g/mol. The summed E-state index contributed by atoms with van der Waals surface area (Å²) in [5, 5.41) is 13.3. The molecule has 0 bridgehead atoms. The van der Waals surface area contributed by atoms with Crippen molar-refractivity contribution >= 4 is 11.6 Å². The number of hydrogen-bond acceptors (Lipinski definition) is 4. The molecule has 3 rings (SSSR count). The third-order valence-electron chi connectivity index (χ3n) is 4.91. The van der Waals surface area contributed by atoms with Crippen molar-refractivity contribution in [1.29, 1.82) is 0 Å². The second kappa shape index (κ2) is 9.53. The fourth-order valence-electron chi connectivity index (χ4n) is 3.46. The van der Waals surface area contributed by atoms with Gasteiger partial charge in [0.25, 0.3) is 0 Å². The van der Waals surface area contributed by atoms with Gasteiger partial charge in [-0.1, -0.05) is 36.4 Å². The van der Waals surface area contributed by atoms with Crippen LogP contribution < -0.4 is 10.1 Å². The summed E-state index contributed by atoms with van der Waals surface area (Å²) in [6, 6.07) is 17.3. The van der Waals surface area contributed by atoms with Gasteiger partial charge in [0.05, 0.1) is 5.92 Å². The molecule has 144 valence electrons. The Morgan fingerprint density at radius 2 is 1.96 bits per heavy atom. The van der Waals surface area contributed by atoms with Gasteiger partial charge in [-0.3, -0.25) is 9.69 Å². The van der Waals surface area contributed by atoms with Crippen LogP contribution in [0.3, 0.4) is 0 Å². The van der Waals surface area contributed by atoms with Crippen LogP contribution in [0.1, 0.15) is 18.4 Å². The fraction of sp³-hybridized carbons (Fsp3) is 0.409. The number of benzene rings is 2. The number of aliphatic hydroxyl groups is 1. The molecule has 5 nitrogen and oxygen atoms in total. The van der Waals surface area contributed by atoms with Crippen LogP contribution in [0.2, 0.25) is 0 Å². The predicted octanol–water partition coefficient (Wildman–Crippen LogP) is 3.09. The van der Waals surface area contributed by atoms with Gasteiger partial charge in [-0.25, -0.2) is 0 Å². The molecule has 0 aliphatic carbocycles. The van der Waals surface area contributed by atoms with Gasteiger partial charge >= 0.3 is 0 Å². The molecule has 0 aromatic heterocycles. The molecule has 1 heterocycles. The number of aryl methyl sites for hydroxylation is 1. The number of amides is 1. The fourth-order valence-corrected chi connectivity index (χ4v) is 3.46. The number of aliphatic hydroxyl groups excluding tert-OH is 1. The molecular formula is C22H28N2O3. The quantitative estimate of drug-likeness (QED) is 0.788. The number of anilines is 1.